The largest absolute Gasteiger partial charge is 0.417 e. The van der Waals surface area contributed by atoms with Gasteiger partial charge in [0.15, 0.2) is 16.6 Å². The van der Waals surface area contributed by atoms with Crippen LogP contribution in [0.4, 0.5) is 0 Å². The van der Waals surface area contributed by atoms with Gasteiger partial charge in [-0.15, -0.1) is 0 Å². The van der Waals surface area contributed by atoms with E-state index in [1.807, 2.05) is 19.9 Å². The van der Waals surface area contributed by atoms with Crippen LogP contribution >= 0.6 is 0 Å². The number of allylic oxidation sites excluding steroid dienone is 6. The molecular weight excluding hydrogens is 641 g/mol. The molecule has 1 saturated carbocycles. The third-order valence-electron chi connectivity index (χ3n) is 12.3. The van der Waals surface area contributed by atoms with E-state index in [1.54, 1.807) is 0 Å². The molecule has 284 valence electrons. The monoisotopic (exact) mass is 719 g/mol. The van der Waals surface area contributed by atoms with Crippen LogP contribution in [0.5, 0.6) is 0 Å². The molecule has 0 aliphatic heterocycles. The predicted molar refractivity (Wildman–Crippen MR) is 216 cm³/mol. The lowest BCUT2D eigenvalue weighted by Gasteiger charge is -2.56. The van der Waals surface area contributed by atoms with E-state index in [0.29, 0.717) is 32.5 Å². The summed E-state index contributed by atoms with van der Waals surface area (Å²) in [5.41, 5.74) is 4.11. The quantitative estimate of drug-likeness (QED) is 0.0485. The van der Waals surface area contributed by atoms with Gasteiger partial charge >= 0.3 is 0 Å². The average molecular weight is 719 g/mol. The van der Waals surface area contributed by atoms with Crippen LogP contribution < -0.4 is 0 Å². The van der Waals surface area contributed by atoms with Gasteiger partial charge < -0.3 is 19.1 Å². The van der Waals surface area contributed by atoms with Crippen LogP contribution in [-0.4, -0.2) is 58.1 Å². The third-order valence-corrected chi connectivity index (χ3v) is 21.3. The van der Waals surface area contributed by atoms with Gasteiger partial charge in [0.1, 0.15) is 6.29 Å². The van der Waals surface area contributed by atoms with E-state index < -0.39 is 33.8 Å². The highest BCUT2D eigenvalue weighted by Crippen LogP contribution is 2.56. The summed E-state index contributed by atoms with van der Waals surface area (Å²) in [6.45, 7) is 36.3. The van der Waals surface area contributed by atoms with Crippen molar-refractivity contribution in [3.05, 3.63) is 46.1 Å². The molecule has 0 aromatic carbocycles. The van der Waals surface area contributed by atoms with E-state index in [4.69, 9.17) is 8.85 Å². The van der Waals surface area contributed by atoms with E-state index in [2.05, 4.69) is 108 Å². The highest BCUT2D eigenvalue weighted by atomic mass is 28.4. The number of aliphatic hydroxyl groups excluding tert-OH is 1. The van der Waals surface area contributed by atoms with Gasteiger partial charge in [-0.25, -0.2) is 0 Å². The summed E-state index contributed by atoms with van der Waals surface area (Å²) in [5.74, 6) is -0.0000737. The Labute approximate surface area is 305 Å². The Hall–Kier alpha value is -1.10. The number of rotatable bonds is 18. The number of hydrogen-bond acceptors (Lipinski definition) is 5. The fourth-order valence-electron chi connectivity index (χ4n) is 6.69. The molecule has 1 fully saturated rings. The Morgan fingerprint density at radius 1 is 0.918 bits per heavy atom. The second kappa shape index (κ2) is 18.6. The van der Waals surface area contributed by atoms with E-state index in [1.165, 1.54) is 16.7 Å². The molecule has 49 heavy (non-hydrogen) atoms. The summed E-state index contributed by atoms with van der Waals surface area (Å²) in [6.07, 6.45) is 14.0. The average Bonchev–Trinajstić information content (AvgIpc) is 2.93. The van der Waals surface area contributed by atoms with Gasteiger partial charge in [0.05, 0.1) is 11.7 Å². The van der Waals surface area contributed by atoms with Crippen molar-refractivity contribution in [1.29, 1.82) is 0 Å². The lowest BCUT2D eigenvalue weighted by atomic mass is 9.53. The molecule has 4 atom stereocenters. The fourth-order valence-corrected chi connectivity index (χ4v) is 8.82. The highest BCUT2D eigenvalue weighted by Gasteiger charge is 2.56. The first-order chi connectivity index (χ1) is 22.2. The zero-order chi connectivity index (χ0) is 38.1. The molecule has 0 aromatic rings. The summed E-state index contributed by atoms with van der Waals surface area (Å²) in [7, 11) is -4.06. The van der Waals surface area contributed by atoms with E-state index in [9.17, 15) is 15.0 Å². The topological polar surface area (TPSA) is 76.0 Å². The van der Waals surface area contributed by atoms with Gasteiger partial charge in [-0.2, -0.15) is 0 Å². The first-order valence-electron chi connectivity index (χ1n) is 19.0. The first kappa shape index (κ1) is 45.9. The maximum atomic E-state index is 12.5. The van der Waals surface area contributed by atoms with Crippen LogP contribution in [0, 0.1) is 11.3 Å². The maximum absolute atomic E-state index is 12.5. The van der Waals surface area contributed by atoms with Crippen LogP contribution in [0.2, 0.25) is 36.3 Å². The summed E-state index contributed by atoms with van der Waals surface area (Å²) in [5, 5.41) is 23.5. The first-order valence-corrected chi connectivity index (χ1v) is 24.8. The molecule has 0 radical (unpaired) electrons. The van der Waals surface area contributed by atoms with Crippen LogP contribution in [-0.2, 0) is 13.6 Å². The van der Waals surface area contributed by atoms with Crippen LogP contribution in [0.3, 0.4) is 0 Å². The van der Waals surface area contributed by atoms with Gasteiger partial charge in [0.25, 0.3) is 0 Å². The lowest BCUT2D eigenvalue weighted by Crippen LogP contribution is -2.59. The van der Waals surface area contributed by atoms with Gasteiger partial charge in [-0.3, -0.25) is 4.79 Å². The van der Waals surface area contributed by atoms with Crippen molar-refractivity contribution in [2.75, 3.05) is 13.2 Å². The molecule has 2 N–H and O–H groups in total. The Morgan fingerprint density at radius 3 is 2.02 bits per heavy atom. The minimum atomic E-state index is -2.16. The Bertz CT molecular complexity index is 1190. The molecule has 1 aliphatic carbocycles. The molecule has 0 amide bonds. The maximum Gasteiger partial charge on any atom is 0.192 e. The second-order valence-corrected chi connectivity index (χ2v) is 28.4. The van der Waals surface area contributed by atoms with Crippen molar-refractivity contribution in [3.8, 4) is 0 Å². The van der Waals surface area contributed by atoms with Gasteiger partial charge in [0.2, 0.25) is 0 Å². The molecule has 1 rings (SSSR count). The van der Waals surface area contributed by atoms with Crippen molar-refractivity contribution in [1.82, 2.24) is 0 Å². The molecule has 0 bridgehead atoms. The van der Waals surface area contributed by atoms with E-state index >= 15 is 0 Å². The smallest absolute Gasteiger partial charge is 0.192 e. The van der Waals surface area contributed by atoms with Gasteiger partial charge in [-0.1, -0.05) is 82.1 Å². The van der Waals surface area contributed by atoms with Crippen molar-refractivity contribution in [2.45, 2.75) is 189 Å². The standard InChI is InChI=1S/C42H78O5Si2/c1-32(2)20-17-21-33(3)28-36(44)29-34(4)22-18-25-42(31-47-49(15,16)40(9,10)11)38(23-19-27-46-48(13,14)39(6,7)8)37(35(5)30-43)24-26-41(42,12)45/h20,22,28,30,36,38,44-45H,17-19,21,23-27,29,31H2,1-16H3/b33-28+,34-22+,37-35-/t36-,38+,41-,42+/m0/s1. The number of carbonyl (C=O) groups excluding carboxylic acids is 1. The van der Waals surface area contributed by atoms with Crippen LogP contribution in [0.15, 0.2) is 46.1 Å². The fraction of sp³-hybridized carbons (Fsp3) is 0.786. The SMILES string of the molecule is CC(C)=CCC/C(C)=C/[C@H](O)C/C(C)=C/CC[C@@]1(CO[Si](C)(C)C(C)(C)C)[C@H](CCCO[Si](C)(C)C(C)(C)C)/C(=C(/C)C=O)CC[C@]1(C)O. The summed E-state index contributed by atoms with van der Waals surface area (Å²) >= 11 is 0. The van der Waals surface area contributed by atoms with Gasteiger partial charge in [-0.05, 0) is 147 Å². The normalized spacial score (nSPS) is 24.9. The van der Waals surface area contributed by atoms with Crippen LogP contribution in [0.25, 0.3) is 0 Å². The summed E-state index contributed by atoms with van der Waals surface area (Å²) < 4.78 is 13.7. The van der Waals surface area contributed by atoms with E-state index in [0.717, 1.165) is 56.0 Å². The minimum Gasteiger partial charge on any atom is -0.417 e. The zero-order valence-electron chi connectivity index (χ0n) is 34.9. The predicted octanol–water partition coefficient (Wildman–Crippen LogP) is 11.6. The number of aldehydes is 1. The van der Waals surface area contributed by atoms with Gasteiger partial charge in [0, 0.05) is 18.6 Å². The molecule has 1 aliphatic rings. The molecule has 0 heterocycles. The summed E-state index contributed by atoms with van der Waals surface area (Å²) in [4.78, 5) is 12.3. The van der Waals surface area contributed by atoms with Crippen molar-refractivity contribution in [2.24, 2.45) is 11.3 Å². The van der Waals surface area contributed by atoms with Crippen molar-refractivity contribution >= 4 is 22.9 Å². The van der Waals surface area contributed by atoms with Crippen molar-refractivity contribution in [3.63, 3.8) is 0 Å². The molecule has 0 spiro atoms. The molecule has 0 unspecified atom stereocenters. The zero-order valence-corrected chi connectivity index (χ0v) is 36.9. The second-order valence-electron chi connectivity index (χ2n) is 18.8. The lowest BCUT2D eigenvalue weighted by molar-refractivity contribution is -0.144. The van der Waals surface area contributed by atoms with Crippen LogP contribution in [0.1, 0.15) is 141 Å². The minimum absolute atomic E-state index is 0.0000737. The molecular formula is C42H78O5Si2. The number of carbonyl (C=O) groups is 1. The van der Waals surface area contributed by atoms with E-state index in [-0.39, 0.29) is 16.0 Å². The Balaban J connectivity index is 3.50. The molecule has 5 nitrogen and oxygen atoms in total. The molecule has 0 saturated heterocycles. The highest BCUT2D eigenvalue weighted by molar-refractivity contribution is 6.74. The van der Waals surface area contributed by atoms with Crippen molar-refractivity contribution < 1.29 is 23.9 Å². The molecule has 0 aromatic heterocycles. The Morgan fingerprint density at radius 2 is 1.49 bits per heavy atom. The molecule has 7 heteroatoms. The third kappa shape index (κ3) is 13.4. The number of aliphatic hydroxyl groups is 2. The summed E-state index contributed by atoms with van der Waals surface area (Å²) in [6, 6.07) is 0. The Kier molecular flexibility index (Phi) is 17.4. The number of hydrogen-bond donors (Lipinski definition) is 2.